The van der Waals surface area contributed by atoms with Crippen LogP contribution in [0.2, 0.25) is 0 Å². The topological polar surface area (TPSA) is 79.3 Å². The summed E-state index contributed by atoms with van der Waals surface area (Å²) in [6.45, 7) is 3.38. The van der Waals surface area contributed by atoms with Gasteiger partial charge in [-0.3, -0.25) is 14.7 Å². The molecule has 0 aliphatic carbocycles. The maximum absolute atomic E-state index is 13.1. The Morgan fingerprint density at radius 3 is 2.82 bits per heavy atom. The number of aromatic nitrogens is 3. The van der Waals surface area contributed by atoms with Crippen LogP contribution < -0.4 is 10.9 Å². The zero-order valence-corrected chi connectivity index (χ0v) is 12.0. The van der Waals surface area contributed by atoms with E-state index in [4.69, 9.17) is 0 Å². The first-order chi connectivity index (χ1) is 10.5. The Morgan fingerprint density at radius 2 is 2.09 bits per heavy atom. The maximum atomic E-state index is 13.1. The van der Waals surface area contributed by atoms with Crippen LogP contribution in [0.15, 0.2) is 35.3 Å². The fourth-order valence-corrected chi connectivity index (χ4v) is 2.22. The number of amides is 1. The van der Waals surface area contributed by atoms with E-state index >= 15 is 0 Å². The number of carbonyl (C=O) groups excluding carboxylic acids is 1. The first kappa shape index (κ1) is 14.0. The quantitative estimate of drug-likeness (QED) is 0.760. The van der Waals surface area contributed by atoms with Gasteiger partial charge in [0, 0.05) is 23.6 Å². The Balaban J connectivity index is 2.01. The Morgan fingerprint density at radius 1 is 1.32 bits per heavy atom. The van der Waals surface area contributed by atoms with E-state index in [1.165, 1.54) is 35.0 Å². The van der Waals surface area contributed by atoms with Gasteiger partial charge in [-0.15, -0.1) is 0 Å². The van der Waals surface area contributed by atoms with E-state index < -0.39 is 5.91 Å². The molecule has 3 rings (SSSR count). The first-order valence-electron chi connectivity index (χ1n) is 6.61. The molecule has 0 radical (unpaired) electrons. The summed E-state index contributed by atoms with van der Waals surface area (Å²) in [6, 6.07) is 5.46. The number of halogens is 1. The van der Waals surface area contributed by atoms with Crippen LogP contribution in [-0.2, 0) is 0 Å². The van der Waals surface area contributed by atoms with Crippen molar-refractivity contribution in [2.45, 2.75) is 13.8 Å². The highest BCUT2D eigenvalue weighted by molar-refractivity contribution is 6.08. The molecule has 2 heterocycles. The normalized spacial score (nSPS) is 10.9. The molecule has 6 nitrogen and oxygen atoms in total. The minimum atomic E-state index is -0.425. The highest BCUT2D eigenvalue weighted by Gasteiger charge is 2.16. The third-order valence-corrected chi connectivity index (χ3v) is 3.31. The summed E-state index contributed by atoms with van der Waals surface area (Å²) in [5, 5.41) is 5.38. The van der Waals surface area contributed by atoms with Gasteiger partial charge in [0.25, 0.3) is 11.5 Å². The minimum Gasteiger partial charge on any atom is -0.322 e. The second kappa shape index (κ2) is 5.10. The molecule has 2 N–H and O–H groups in total. The molecule has 0 saturated heterocycles. The minimum absolute atomic E-state index is 0.240. The smallest absolute Gasteiger partial charge is 0.272 e. The van der Waals surface area contributed by atoms with Crippen molar-refractivity contribution >= 4 is 17.2 Å². The molecule has 7 heteroatoms. The Bertz CT molecular complexity index is 942. The number of benzene rings is 1. The molecule has 0 aliphatic heterocycles. The fraction of sp³-hybridized carbons (Fsp3) is 0.133. The number of fused-ring (bicyclic) bond motifs is 1. The molecule has 0 atom stereocenters. The molecule has 0 fully saturated rings. The predicted octanol–water partition coefficient (Wildman–Crippen LogP) is 2.03. The largest absolute Gasteiger partial charge is 0.322 e. The van der Waals surface area contributed by atoms with Crippen molar-refractivity contribution < 1.29 is 9.18 Å². The average molecular weight is 300 g/mol. The summed E-state index contributed by atoms with van der Waals surface area (Å²) in [6.07, 6.45) is 1.41. The Kier molecular flexibility index (Phi) is 3.25. The number of carbonyl (C=O) groups is 1. The zero-order chi connectivity index (χ0) is 15.9. The van der Waals surface area contributed by atoms with Crippen LogP contribution in [0.1, 0.15) is 21.6 Å². The molecular weight excluding hydrogens is 287 g/mol. The lowest BCUT2D eigenvalue weighted by molar-refractivity contribution is 0.102. The van der Waals surface area contributed by atoms with Crippen molar-refractivity contribution in [2.24, 2.45) is 0 Å². The van der Waals surface area contributed by atoms with Gasteiger partial charge in [0.15, 0.2) is 5.65 Å². The summed E-state index contributed by atoms with van der Waals surface area (Å²) in [5.74, 6) is -0.794. The van der Waals surface area contributed by atoms with Gasteiger partial charge < -0.3 is 5.32 Å². The second-order valence-corrected chi connectivity index (χ2v) is 5.00. The first-order valence-corrected chi connectivity index (χ1v) is 6.61. The third kappa shape index (κ3) is 2.37. The Hall–Kier alpha value is -2.96. The average Bonchev–Trinajstić information content (AvgIpc) is 2.86. The van der Waals surface area contributed by atoms with Crippen molar-refractivity contribution in [3.05, 3.63) is 63.5 Å². The lowest BCUT2D eigenvalue weighted by atomic mass is 10.2. The lowest BCUT2D eigenvalue weighted by Crippen LogP contribution is -2.17. The summed E-state index contributed by atoms with van der Waals surface area (Å²) in [5.41, 5.74) is 1.83. The van der Waals surface area contributed by atoms with E-state index in [1.54, 1.807) is 13.8 Å². The molecule has 0 unspecified atom stereocenters. The van der Waals surface area contributed by atoms with Gasteiger partial charge in [-0.2, -0.15) is 0 Å². The van der Waals surface area contributed by atoms with E-state index in [-0.39, 0.29) is 22.6 Å². The molecule has 0 spiro atoms. The van der Waals surface area contributed by atoms with E-state index in [2.05, 4.69) is 15.4 Å². The number of aryl methyl sites for hydroxylation is 2. The number of aromatic amines is 1. The van der Waals surface area contributed by atoms with E-state index in [1.807, 2.05) is 0 Å². The summed E-state index contributed by atoms with van der Waals surface area (Å²) < 4.78 is 14.3. The monoisotopic (exact) mass is 300 g/mol. The zero-order valence-electron chi connectivity index (χ0n) is 12.0. The standard InChI is InChI=1S/C15H13FN4O2/c1-8-5-10(16)3-4-12(8)19-15(22)11-7-17-20-13(21)6-9(2)18-14(11)20/h3-7,17H,1-2H3,(H,19,22). The molecule has 0 aliphatic rings. The molecule has 0 saturated carbocycles. The molecule has 0 bridgehead atoms. The molecule has 1 amide bonds. The number of rotatable bonds is 2. The van der Waals surface area contributed by atoms with Gasteiger partial charge in [-0.25, -0.2) is 13.9 Å². The highest BCUT2D eigenvalue weighted by Crippen LogP contribution is 2.17. The Labute approximate surface area is 124 Å². The molecule has 3 aromatic rings. The number of anilines is 1. The van der Waals surface area contributed by atoms with Crippen molar-refractivity contribution in [1.29, 1.82) is 0 Å². The summed E-state index contributed by atoms with van der Waals surface area (Å²) >= 11 is 0. The molecular formula is C15H13FN4O2. The van der Waals surface area contributed by atoms with Gasteiger partial charge in [0.05, 0.1) is 0 Å². The van der Waals surface area contributed by atoms with E-state index in [0.717, 1.165) is 0 Å². The van der Waals surface area contributed by atoms with Crippen LogP contribution in [0.5, 0.6) is 0 Å². The molecule has 112 valence electrons. The van der Waals surface area contributed by atoms with Gasteiger partial charge in [0.2, 0.25) is 0 Å². The second-order valence-electron chi connectivity index (χ2n) is 5.00. The fourth-order valence-electron chi connectivity index (χ4n) is 2.22. The van der Waals surface area contributed by atoms with Crippen molar-refractivity contribution in [3.8, 4) is 0 Å². The molecule has 1 aromatic carbocycles. The van der Waals surface area contributed by atoms with Crippen molar-refractivity contribution in [2.75, 3.05) is 5.32 Å². The van der Waals surface area contributed by atoms with Gasteiger partial charge in [-0.1, -0.05) is 0 Å². The van der Waals surface area contributed by atoms with Crippen LogP contribution in [0, 0.1) is 19.7 Å². The maximum Gasteiger partial charge on any atom is 0.272 e. The van der Waals surface area contributed by atoms with Crippen LogP contribution in [0.4, 0.5) is 10.1 Å². The highest BCUT2D eigenvalue weighted by atomic mass is 19.1. The van der Waals surface area contributed by atoms with E-state index in [0.29, 0.717) is 16.9 Å². The number of nitrogens with zero attached hydrogens (tertiary/aromatic N) is 2. The summed E-state index contributed by atoms with van der Waals surface area (Å²) in [7, 11) is 0. The summed E-state index contributed by atoms with van der Waals surface area (Å²) in [4.78, 5) is 28.4. The van der Waals surface area contributed by atoms with Crippen LogP contribution in [-0.4, -0.2) is 20.5 Å². The van der Waals surface area contributed by atoms with Gasteiger partial charge in [-0.05, 0) is 37.6 Å². The SMILES string of the molecule is Cc1cc(=O)n2[nH]cc(C(=O)Nc3ccc(F)cc3C)c2n1. The van der Waals surface area contributed by atoms with Crippen LogP contribution in [0.3, 0.4) is 0 Å². The number of hydrogen-bond donors (Lipinski definition) is 2. The van der Waals surface area contributed by atoms with E-state index in [9.17, 15) is 14.0 Å². The number of nitrogens with one attached hydrogen (secondary N) is 2. The van der Waals surface area contributed by atoms with Crippen LogP contribution >= 0.6 is 0 Å². The van der Waals surface area contributed by atoms with Crippen molar-refractivity contribution in [3.63, 3.8) is 0 Å². The lowest BCUT2D eigenvalue weighted by Gasteiger charge is -2.07. The number of H-pyrrole nitrogens is 1. The van der Waals surface area contributed by atoms with Gasteiger partial charge in [0.1, 0.15) is 11.4 Å². The van der Waals surface area contributed by atoms with Crippen LogP contribution in [0.25, 0.3) is 5.65 Å². The predicted molar refractivity (Wildman–Crippen MR) is 79.6 cm³/mol. The molecule has 2 aromatic heterocycles. The van der Waals surface area contributed by atoms with Crippen molar-refractivity contribution in [1.82, 2.24) is 14.6 Å². The number of hydrogen-bond acceptors (Lipinski definition) is 3. The third-order valence-electron chi connectivity index (χ3n) is 3.31. The molecule has 22 heavy (non-hydrogen) atoms. The van der Waals surface area contributed by atoms with Gasteiger partial charge >= 0.3 is 0 Å².